The zero-order valence-corrected chi connectivity index (χ0v) is 12.6. The maximum Gasteiger partial charge on any atom is 0.262 e. The summed E-state index contributed by atoms with van der Waals surface area (Å²) >= 11 is 0. The van der Waals surface area contributed by atoms with Gasteiger partial charge in [0.25, 0.3) is 5.91 Å². The third-order valence-corrected chi connectivity index (χ3v) is 3.17. The van der Waals surface area contributed by atoms with Gasteiger partial charge in [-0.3, -0.25) is 4.79 Å². The van der Waals surface area contributed by atoms with Crippen LogP contribution in [0.5, 0.6) is 5.75 Å². The van der Waals surface area contributed by atoms with Crippen molar-refractivity contribution in [2.24, 2.45) is 0 Å². The number of carbonyl (C=O) groups is 1. The minimum atomic E-state index is -0.167. The third-order valence-electron chi connectivity index (χ3n) is 3.17. The van der Waals surface area contributed by atoms with Crippen LogP contribution in [0.15, 0.2) is 42.5 Å². The quantitative estimate of drug-likeness (QED) is 0.885. The van der Waals surface area contributed by atoms with E-state index in [2.05, 4.69) is 10.6 Å². The molecule has 0 aromatic heterocycles. The van der Waals surface area contributed by atoms with Crippen LogP contribution in [0, 0.1) is 13.8 Å². The number of anilines is 2. The second kappa shape index (κ2) is 6.79. The molecule has 0 heterocycles. The molecule has 0 saturated heterocycles. The lowest BCUT2D eigenvalue weighted by Crippen LogP contribution is -2.20. The zero-order valence-electron chi connectivity index (χ0n) is 12.6. The Bertz CT molecular complexity index is 621. The number of rotatable bonds is 5. The van der Waals surface area contributed by atoms with Gasteiger partial charge in [-0.05, 0) is 49.7 Å². The standard InChI is InChI=1S/C17H20N2O2/c1-12-4-9-16(13(2)10-12)19-17(20)11-21-15-7-5-14(18-3)6-8-15/h4-10,18H,11H2,1-3H3,(H,19,20). The average Bonchev–Trinajstić information content (AvgIpc) is 2.48. The predicted octanol–water partition coefficient (Wildman–Crippen LogP) is 3.36. The summed E-state index contributed by atoms with van der Waals surface area (Å²) < 4.78 is 5.46. The Morgan fingerprint density at radius 2 is 1.81 bits per heavy atom. The first-order valence-electron chi connectivity index (χ1n) is 6.86. The van der Waals surface area contributed by atoms with Gasteiger partial charge in [-0.2, -0.15) is 0 Å². The molecule has 4 heteroatoms. The first-order chi connectivity index (χ1) is 10.1. The van der Waals surface area contributed by atoms with Crippen LogP contribution in [0.25, 0.3) is 0 Å². The highest BCUT2D eigenvalue weighted by Crippen LogP contribution is 2.17. The monoisotopic (exact) mass is 284 g/mol. The van der Waals surface area contributed by atoms with Crippen LogP contribution in [0.1, 0.15) is 11.1 Å². The highest BCUT2D eigenvalue weighted by atomic mass is 16.5. The summed E-state index contributed by atoms with van der Waals surface area (Å²) in [6.07, 6.45) is 0. The van der Waals surface area contributed by atoms with E-state index in [1.807, 2.05) is 63.4 Å². The Labute approximate surface area is 125 Å². The van der Waals surface area contributed by atoms with E-state index >= 15 is 0 Å². The van der Waals surface area contributed by atoms with Crippen molar-refractivity contribution >= 4 is 17.3 Å². The van der Waals surface area contributed by atoms with Gasteiger partial charge in [-0.15, -0.1) is 0 Å². The number of carbonyl (C=O) groups excluding carboxylic acids is 1. The number of hydrogen-bond donors (Lipinski definition) is 2. The summed E-state index contributed by atoms with van der Waals surface area (Å²) in [4.78, 5) is 11.9. The second-order valence-corrected chi connectivity index (χ2v) is 4.93. The van der Waals surface area contributed by atoms with Crippen LogP contribution < -0.4 is 15.4 Å². The van der Waals surface area contributed by atoms with Gasteiger partial charge in [0.15, 0.2) is 6.61 Å². The van der Waals surface area contributed by atoms with Gasteiger partial charge >= 0.3 is 0 Å². The topological polar surface area (TPSA) is 50.4 Å². The highest BCUT2D eigenvalue weighted by Gasteiger charge is 2.06. The number of ether oxygens (including phenoxy) is 1. The molecule has 2 aromatic rings. The maximum atomic E-state index is 11.9. The molecule has 2 rings (SSSR count). The lowest BCUT2D eigenvalue weighted by Gasteiger charge is -2.10. The smallest absolute Gasteiger partial charge is 0.262 e. The minimum absolute atomic E-state index is 0.00772. The number of nitrogens with one attached hydrogen (secondary N) is 2. The van der Waals surface area contributed by atoms with E-state index in [9.17, 15) is 4.79 Å². The van der Waals surface area contributed by atoms with Crippen molar-refractivity contribution in [3.05, 3.63) is 53.6 Å². The molecule has 2 aromatic carbocycles. The van der Waals surface area contributed by atoms with Gasteiger partial charge in [0, 0.05) is 18.4 Å². The van der Waals surface area contributed by atoms with Gasteiger partial charge in [0.05, 0.1) is 0 Å². The molecule has 0 radical (unpaired) electrons. The van der Waals surface area contributed by atoms with Crippen LogP contribution >= 0.6 is 0 Å². The second-order valence-electron chi connectivity index (χ2n) is 4.93. The fourth-order valence-corrected chi connectivity index (χ4v) is 2.01. The van der Waals surface area contributed by atoms with Gasteiger partial charge in [0.2, 0.25) is 0 Å². The molecule has 21 heavy (non-hydrogen) atoms. The van der Waals surface area contributed by atoms with Crippen molar-refractivity contribution in [3.63, 3.8) is 0 Å². The van der Waals surface area contributed by atoms with Crippen molar-refractivity contribution in [3.8, 4) is 5.75 Å². The molecule has 0 bridgehead atoms. The highest BCUT2D eigenvalue weighted by molar-refractivity contribution is 5.92. The average molecular weight is 284 g/mol. The van der Waals surface area contributed by atoms with Gasteiger partial charge in [0.1, 0.15) is 5.75 Å². The molecule has 0 unspecified atom stereocenters. The molecule has 0 atom stereocenters. The summed E-state index contributed by atoms with van der Waals surface area (Å²) in [6.45, 7) is 3.99. The van der Waals surface area contributed by atoms with Gasteiger partial charge < -0.3 is 15.4 Å². The molecule has 1 amide bonds. The summed E-state index contributed by atoms with van der Waals surface area (Å²) in [6, 6.07) is 13.4. The van der Waals surface area contributed by atoms with Crippen LogP contribution in [0.3, 0.4) is 0 Å². The van der Waals surface area contributed by atoms with Crippen molar-refractivity contribution in [2.45, 2.75) is 13.8 Å². The van der Waals surface area contributed by atoms with E-state index in [1.165, 1.54) is 5.56 Å². The molecule has 2 N–H and O–H groups in total. The van der Waals surface area contributed by atoms with Crippen molar-refractivity contribution in [1.82, 2.24) is 0 Å². The number of aryl methyl sites for hydroxylation is 2. The summed E-state index contributed by atoms with van der Waals surface area (Å²) in [5.41, 5.74) is 4.04. The predicted molar refractivity (Wildman–Crippen MR) is 86.0 cm³/mol. The molecule has 0 aliphatic heterocycles. The number of hydrogen-bond acceptors (Lipinski definition) is 3. The summed E-state index contributed by atoms with van der Waals surface area (Å²) in [5, 5.41) is 5.88. The Morgan fingerprint density at radius 3 is 2.43 bits per heavy atom. The number of benzene rings is 2. The summed E-state index contributed by atoms with van der Waals surface area (Å²) in [7, 11) is 1.85. The molecule has 0 spiro atoms. The Morgan fingerprint density at radius 1 is 1.10 bits per heavy atom. The molecule has 110 valence electrons. The van der Waals surface area contributed by atoms with Crippen LogP contribution in [0.4, 0.5) is 11.4 Å². The van der Waals surface area contributed by atoms with Crippen LogP contribution in [-0.4, -0.2) is 19.6 Å². The maximum absolute atomic E-state index is 11.9. The fraction of sp³-hybridized carbons (Fsp3) is 0.235. The van der Waals surface area contributed by atoms with Crippen LogP contribution in [-0.2, 0) is 4.79 Å². The Kier molecular flexibility index (Phi) is 4.82. The molecular weight excluding hydrogens is 264 g/mol. The molecule has 0 aliphatic rings. The molecular formula is C17H20N2O2. The van der Waals surface area contributed by atoms with Crippen molar-refractivity contribution in [2.75, 3.05) is 24.3 Å². The molecule has 0 fully saturated rings. The van der Waals surface area contributed by atoms with Gasteiger partial charge in [-0.25, -0.2) is 0 Å². The fourth-order valence-electron chi connectivity index (χ4n) is 2.01. The molecule has 0 saturated carbocycles. The molecule has 0 aliphatic carbocycles. The van der Waals surface area contributed by atoms with E-state index in [0.717, 1.165) is 16.9 Å². The van der Waals surface area contributed by atoms with Gasteiger partial charge in [-0.1, -0.05) is 17.7 Å². The van der Waals surface area contributed by atoms with E-state index in [-0.39, 0.29) is 12.5 Å². The Hall–Kier alpha value is -2.49. The van der Waals surface area contributed by atoms with E-state index in [0.29, 0.717) is 5.75 Å². The molecule has 4 nitrogen and oxygen atoms in total. The summed E-state index contributed by atoms with van der Waals surface area (Å²) in [5.74, 6) is 0.504. The third kappa shape index (κ3) is 4.24. The Balaban J connectivity index is 1.89. The lowest BCUT2D eigenvalue weighted by atomic mass is 10.1. The van der Waals surface area contributed by atoms with Crippen LogP contribution in [0.2, 0.25) is 0 Å². The van der Waals surface area contributed by atoms with E-state index < -0.39 is 0 Å². The van der Waals surface area contributed by atoms with E-state index in [4.69, 9.17) is 4.74 Å². The SMILES string of the molecule is CNc1ccc(OCC(=O)Nc2ccc(C)cc2C)cc1. The number of amides is 1. The lowest BCUT2D eigenvalue weighted by molar-refractivity contribution is -0.118. The zero-order chi connectivity index (χ0) is 15.2. The minimum Gasteiger partial charge on any atom is -0.484 e. The largest absolute Gasteiger partial charge is 0.484 e. The van der Waals surface area contributed by atoms with Crippen molar-refractivity contribution < 1.29 is 9.53 Å². The first kappa shape index (κ1) is 14.9. The first-order valence-corrected chi connectivity index (χ1v) is 6.86. The van der Waals surface area contributed by atoms with E-state index in [1.54, 1.807) is 0 Å². The van der Waals surface area contributed by atoms with Crippen molar-refractivity contribution in [1.29, 1.82) is 0 Å². The normalized spacial score (nSPS) is 10.0.